The Morgan fingerprint density at radius 3 is 2.57 bits per heavy atom. The zero-order valence-electron chi connectivity index (χ0n) is 18.0. The van der Waals surface area contributed by atoms with Crippen molar-refractivity contribution in [3.05, 3.63) is 60.7 Å². The number of hydrogen-bond acceptors (Lipinski definition) is 6. The fourth-order valence-corrected chi connectivity index (χ4v) is 3.42. The summed E-state index contributed by atoms with van der Waals surface area (Å²) in [5.41, 5.74) is 1.01. The molecule has 8 heteroatoms. The van der Waals surface area contributed by atoms with Crippen molar-refractivity contribution in [2.45, 2.75) is 12.7 Å². The third kappa shape index (κ3) is 9.06. The Hall–Kier alpha value is -1.57. The van der Waals surface area contributed by atoms with Crippen LogP contribution < -0.4 is 4.89 Å². The monoisotopic (exact) mass is 437 g/mol. The molecule has 0 aromatic heterocycles. The number of likely N-dealkylation sites (N-methyl/N-ethyl adjacent to an activating group) is 1. The standard InChI is InChI=1S/C22H32NO6P/c1-5-14-26-17-21(18-29-30(24,25)28-15-13-23(2,3)4)27-16-20-11-8-10-19-9-6-7-12-22(19)20/h5-12,21H,1,13-18H2,2-4H3. The minimum Gasteiger partial charge on any atom is -0.756 e. The van der Waals surface area contributed by atoms with Crippen molar-refractivity contribution in [1.29, 1.82) is 0 Å². The zero-order chi connectivity index (χ0) is 22.0. The van der Waals surface area contributed by atoms with E-state index in [4.69, 9.17) is 18.5 Å². The van der Waals surface area contributed by atoms with E-state index in [9.17, 15) is 9.46 Å². The van der Waals surface area contributed by atoms with Crippen molar-refractivity contribution >= 4 is 18.6 Å². The first kappa shape index (κ1) is 24.7. The summed E-state index contributed by atoms with van der Waals surface area (Å²) >= 11 is 0. The third-order valence-corrected chi connectivity index (χ3v) is 5.29. The molecule has 2 aromatic carbocycles. The fourth-order valence-electron chi connectivity index (χ4n) is 2.69. The van der Waals surface area contributed by atoms with Crippen LogP contribution in [0.25, 0.3) is 10.8 Å². The van der Waals surface area contributed by atoms with Crippen LogP contribution in [-0.2, 0) is 29.7 Å². The molecule has 0 aliphatic rings. The van der Waals surface area contributed by atoms with E-state index < -0.39 is 13.9 Å². The van der Waals surface area contributed by atoms with E-state index >= 15 is 0 Å². The van der Waals surface area contributed by atoms with Gasteiger partial charge in [-0.25, -0.2) is 0 Å². The molecule has 166 valence electrons. The predicted molar refractivity (Wildman–Crippen MR) is 116 cm³/mol. The molecule has 2 aromatic rings. The number of hydrogen-bond donors (Lipinski definition) is 0. The molecule has 2 rings (SSSR count). The van der Waals surface area contributed by atoms with Gasteiger partial charge in [-0.1, -0.05) is 48.5 Å². The van der Waals surface area contributed by atoms with E-state index in [-0.39, 0.29) is 19.8 Å². The highest BCUT2D eigenvalue weighted by molar-refractivity contribution is 7.45. The van der Waals surface area contributed by atoms with E-state index in [1.54, 1.807) is 6.08 Å². The van der Waals surface area contributed by atoms with Gasteiger partial charge in [0.05, 0.1) is 47.6 Å². The van der Waals surface area contributed by atoms with E-state index in [1.165, 1.54) is 0 Å². The number of phosphoric acid groups is 1. The lowest BCUT2D eigenvalue weighted by Crippen LogP contribution is -2.37. The number of benzene rings is 2. The minimum atomic E-state index is -4.42. The molecule has 0 aliphatic heterocycles. The van der Waals surface area contributed by atoms with Crippen molar-refractivity contribution in [3.63, 3.8) is 0 Å². The Morgan fingerprint density at radius 1 is 1.10 bits per heavy atom. The summed E-state index contributed by atoms with van der Waals surface area (Å²) < 4.78 is 34.0. The van der Waals surface area contributed by atoms with Crippen LogP contribution in [0.4, 0.5) is 0 Å². The lowest BCUT2D eigenvalue weighted by atomic mass is 10.1. The van der Waals surface area contributed by atoms with Gasteiger partial charge in [-0.2, -0.15) is 0 Å². The average molecular weight is 437 g/mol. The van der Waals surface area contributed by atoms with Gasteiger partial charge in [-0.15, -0.1) is 6.58 Å². The molecule has 0 aliphatic carbocycles. The molecule has 7 nitrogen and oxygen atoms in total. The summed E-state index contributed by atoms with van der Waals surface area (Å²) in [6.07, 6.45) is 1.04. The van der Waals surface area contributed by atoms with Gasteiger partial charge in [0.15, 0.2) is 0 Å². The van der Waals surface area contributed by atoms with Crippen LogP contribution >= 0.6 is 7.82 Å². The van der Waals surface area contributed by atoms with Crippen LogP contribution in [0.15, 0.2) is 55.1 Å². The molecule has 30 heavy (non-hydrogen) atoms. The van der Waals surface area contributed by atoms with E-state index in [0.29, 0.717) is 24.2 Å². The predicted octanol–water partition coefficient (Wildman–Crippen LogP) is 3.14. The second kappa shape index (κ2) is 11.7. The Bertz CT molecular complexity index is 846. The van der Waals surface area contributed by atoms with Gasteiger partial charge in [0.25, 0.3) is 7.82 Å². The van der Waals surface area contributed by atoms with Gasteiger partial charge in [0.2, 0.25) is 0 Å². The SMILES string of the molecule is C=CCOCC(COP(=O)([O-])OCC[N+](C)(C)C)OCc1cccc2ccccc12. The molecule has 0 heterocycles. The third-order valence-electron chi connectivity index (χ3n) is 4.32. The normalized spacial score (nSPS) is 15.1. The second-order valence-corrected chi connectivity index (χ2v) is 9.40. The Labute approximate surface area is 179 Å². The number of rotatable bonds is 14. The second-order valence-electron chi connectivity index (χ2n) is 7.99. The van der Waals surface area contributed by atoms with Gasteiger partial charge in [0.1, 0.15) is 19.3 Å². The van der Waals surface area contributed by atoms with Gasteiger partial charge in [0, 0.05) is 0 Å². The lowest BCUT2D eigenvalue weighted by molar-refractivity contribution is -0.870. The summed E-state index contributed by atoms with van der Waals surface area (Å²) in [4.78, 5) is 12.1. The lowest BCUT2D eigenvalue weighted by Gasteiger charge is -2.28. The van der Waals surface area contributed by atoms with Crippen LogP contribution in [0.3, 0.4) is 0 Å². The first-order chi connectivity index (χ1) is 14.2. The Balaban J connectivity index is 1.94. The highest BCUT2D eigenvalue weighted by atomic mass is 31.2. The summed E-state index contributed by atoms with van der Waals surface area (Å²) in [6.45, 7) is 4.84. The molecular weight excluding hydrogens is 405 g/mol. The Kier molecular flexibility index (Phi) is 9.65. The number of phosphoric ester groups is 1. The van der Waals surface area contributed by atoms with Gasteiger partial charge < -0.3 is 27.9 Å². The van der Waals surface area contributed by atoms with Gasteiger partial charge >= 0.3 is 0 Å². The summed E-state index contributed by atoms with van der Waals surface area (Å²) in [5.74, 6) is 0. The highest BCUT2D eigenvalue weighted by Gasteiger charge is 2.18. The van der Waals surface area contributed by atoms with Gasteiger partial charge in [-0.3, -0.25) is 4.57 Å². The molecule has 0 bridgehead atoms. The molecular formula is C22H32NO6P. The van der Waals surface area contributed by atoms with Crippen molar-refractivity contribution in [2.24, 2.45) is 0 Å². The average Bonchev–Trinajstić information content (AvgIpc) is 2.68. The maximum Gasteiger partial charge on any atom is 0.268 e. The number of fused-ring (bicyclic) bond motifs is 1. The molecule has 0 N–H and O–H groups in total. The van der Waals surface area contributed by atoms with Gasteiger partial charge in [-0.05, 0) is 16.3 Å². The van der Waals surface area contributed by atoms with Crippen molar-refractivity contribution in [2.75, 3.05) is 54.1 Å². The van der Waals surface area contributed by atoms with E-state index in [1.807, 2.05) is 63.6 Å². The zero-order valence-corrected chi connectivity index (χ0v) is 18.9. The number of nitrogens with zero attached hydrogens (tertiary/aromatic N) is 1. The summed E-state index contributed by atoms with van der Waals surface area (Å²) in [6, 6.07) is 14.0. The van der Waals surface area contributed by atoms with Crippen LogP contribution in [0.5, 0.6) is 0 Å². The fraction of sp³-hybridized carbons (Fsp3) is 0.455. The molecule has 0 fully saturated rings. The first-order valence-corrected chi connectivity index (χ1v) is 11.3. The molecule has 0 saturated heterocycles. The van der Waals surface area contributed by atoms with E-state index in [2.05, 4.69) is 6.58 Å². The van der Waals surface area contributed by atoms with Crippen LogP contribution in [0, 0.1) is 0 Å². The first-order valence-electron chi connectivity index (χ1n) is 9.88. The Morgan fingerprint density at radius 2 is 1.83 bits per heavy atom. The molecule has 0 radical (unpaired) electrons. The highest BCUT2D eigenvalue weighted by Crippen LogP contribution is 2.38. The number of quaternary nitrogens is 1. The van der Waals surface area contributed by atoms with Crippen LogP contribution in [-0.4, -0.2) is 64.7 Å². The molecule has 0 amide bonds. The smallest absolute Gasteiger partial charge is 0.268 e. The quantitative estimate of drug-likeness (QED) is 0.196. The summed E-state index contributed by atoms with van der Waals surface area (Å²) in [7, 11) is 1.44. The largest absolute Gasteiger partial charge is 0.756 e. The van der Waals surface area contributed by atoms with E-state index in [0.717, 1.165) is 16.3 Å². The summed E-state index contributed by atoms with van der Waals surface area (Å²) in [5, 5.41) is 2.20. The molecule has 0 saturated carbocycles. The van der Waals surface area contributed by atoms with Crippen LogP contribution in [0.2, 0.25) is 0 Å². The topological polar surface area (TPSA) is 77.1 Å². The molecule has 0 spiro atoms. The number of ether oxygens (including phenoxy) is 2. The minimum absolute atomic E-state index is 0.0543. The maximum atomic E-state index is 12.1. The molecule has 2 atom stereocenters. The van der Waals surface area contributed by atoms with Crippen LogP contribution in [0.1, 0.15) is 5.56 Å². The molecule has 2 unspecified atom stereocenters. The maximum absolute atomic E-state index is 12.1. The van der Waals surface area contributed by atoms with Crippen molar-refractivity contribution < 1.29 is 32.5 Å². The van der Waals surface area contributed by atoms with Crippen molar-refractivity contribution in [3.8, 4) is 0 Å². The van der Waals surface area contributed by atoms with Crippen molar-refractivity contribution in [1.82, 2.24) is 0 Å².